The maximum absolute atomic E-state index is 12.5. The molecular weight excluding hydrogens is 284 g/mol. The molecule has 4 rings (SSSR count). The van der Waals surface area contributed by atoms with Gasteiger partial charge in [0.05, 0.1) is 13.2 Å². The number of carbonyl (C=O) groups is 1. The van der Waals surface area contributed by atoms with Gasteiger partial charge in [0.1, 0.15) is 12.1 Å². The smallest absolute Gasteiger partial charge is 0.253 e. The number of hydrogen-bond donors (Lipinski definition) is 0. The average Bonchev–Trinajstić information content (AvgIpc) is 3.25. The van der Waals surface area contributed by atoms with Crippen LogP contribution >= 0.6 is 0 Å². The summed E-state index contributed by atoms with van der Waals surface area (Å²) in [4.78, 5) is 16.5. The van der Waals surface area contributed by atoms with Crippen LogP contribution in [0.15, 0.2) is 18.5 Å². The van der Waals surface area contributed by atoms with Crippen molar-refractivity contribution in [3.05, 3.63) is 18.5 Å². The molecule has 0 spiro atoms. The minimum atomic E-state index is -0.398. The van der Waals surface area contributed by atoms with E-state index in [9.17, 15) is 4.79 Å². The van der Waals surface area contributed by atoms with E-state index in [1.807, 2.05) is 17.0 Å². The first-order chi connectivity index (χ1) is 10.8. The van der Waals surface area contributed by atoms with E-state index in [2.05, 4.69) is 20.2 Å². The van der Waals surface area contributed by atoms with Crippen molar-refractivity contribution in [2.45, 2.75) is 18.9 Å². The van der Waals surface area contributed by atoms with Crippen LogP contribution in [0.25, 0.3) is 5.65 Å². The van der Waals surface area contributed by atoms with Crippen LogP contribution in [0.1, 0.15) is 12.8 Å². The van der Waals surface area contributed by atoms with Gasteiger partial charge in [0.25, 0.3) is 5.91 Å². The lowest BCUT2D eigenvalue weighted by Crippen LogP contribution is -2.50. The Morgan fingerprint density at radius 1 is 1.23 bits per heavy atom. The summed E-state index contributed by atoms with van der Waals surface area (Å²) in [6, 6.07) is 3.79. The van der Waals surface area contributed by atoms with E-state index in [1.165, 1.54) is 0 Å². The van der Waals surface area contributed by atoms with Crippen LogP contribution in [0.2, 0.25) is 0 Å². The number of morpholine rings is 1. The van der Waals surface area contributed by atoms with Crippen LogP contribution in [-0.4, -0.2) is 69.5 Å². The van der Waals surface area contributed by atoms with Crippen molar-refractivity contribution in [3.8, 4) is 0 Å². The molecule has 1 unspecified atom stereocenters. The van der Waals surface area contributed by atoms with Crippen LogP contribution in [0.4, 0.5) is 5.82 Å². The zero-order valence-corrected chi connectivity index (χ0v) is 12.3. The highest BCUT2D eigenvalue weighted by molar-refractivity contribution is 5.82. The highest BCUT2D eigenvalue weighted by atomic mass is 16.5. The van der Waals surface area contributed by atoms with Crippen LogP contribution in [-0.2, 0) is 9.53 Å². The quantitative estimate of drug-likeness (QED) is 0.774. The normalized spacial score (nSPS) is 22.5. The van der Waals surface area contributed by atoms with Crippen molar-refractivity contribution in [1.82, 2.24) is 24.7 Å². The molecule has 2 aromatic heterocycles. The molecular formula is C14H18N6O2. The van der Waals surface area contributed by atoms with Gasteiger partial charge in [-0.3, -0.25) is 4.79 Å². The molecule has 22 heavy (non-hydrogen) atoms. The molecule has 2 saturated heterocycles. The Morgan fingerprint density at radius 3 is 2.95 bits per heavy atom. The number of fused-ring (bicyclic) bond motifs is 1. The average molecular weight is 302 g/mol. The van der Waals surface area contributed by atoms with Gasteiger partial charge in [-0.2, -0.15) is 4.52 Å². The lowest BCUT2D eigenvalue weighted by Gasteiger charge is -2.34. The molecule has 4 heterocycles. The Kier molecular flexibility index (Phi) is 3.38. The Bertz CT molecular complexity index is 681. The second-order valence-corrected chi connectivity index (χ2v) is 5.66. The third kappa shape index (κ3) is 2.39. The minimum absolute atomic E-state index is 0.104. The van der Waals surface area contributed by atoms with Gasteiger partial charge in [0, 0.05) is 19.6 Å². The van der Waals surface area contributed by atoms with E-state index in [0.29, 0.717) is 18.8 Å². The number of carbonyl (C=O) groups excluding carboxylic acids is 1. The molecule has 1 atom stereocenters. The molecule has 116 valence electrons. The number of aromatic nitrogens is 4. The van der Waals surface area contributed by atoms with Gasteiger partial charge in [-0.25, -0.2) is 0 Å². The summed E-state index contributed by atoms with van der Waals surface area (Å²) in [5.41, 5.74) is 0.710. The summed E-state index contributed by atoms with van der Waals surface area (Å²) >= 11 is 0. The molecule has 8 nitrogen and oxygen atoms in total. The Balaban J connectivity index is 1.51. The summed E-state index contributed by atoms with van der Waals surface area (Å²) in [6.07, 6.45) is 3.36. The molecule has 2 aromatic rings. The lowest BCUT2D eigenvalue weighted by atomic mass is 10.2. The number of ether oxygens (including phenoxy) is 1. The standard InChI is InChI=1S/C14H18N6O2/c21-14(18-5-1-2-6-18)11-9-19(7-8-22-11)13-4-3-12-16-15-10-20(12)17-13/h3-4,10-11H,1-2,5-9H2. The molecule has 0 saturated carbocycles. The first kappa shape index (κ1) is 13.4. The van der Waals surface area contributed by atoms with Crippen LogP contribution in [0.5, 0.6) is 0 Å². The molecule has 0 N–H and O–H groups in total. The second kappa shape index (κ2) is 5.53. The highest BCUT2D eigenvalue weighted by Crippen LogP contribution is 2.18. The number of nitrogens with zero attached hydrogens (tertiary/aromatic N) is 6. The predicted molar refractivity (Wildman–Crippen MR) is 78.5 cm³/mol. The molecule has 0 aliphatic carbocycles. The van der Waals surface area contributed by atoms with Crippen molar-refractivity contribution in [2.75, 3.05) is 37.7 Å². The van der Waals surface area contributed by atoms with Crippen LogP contribution < -0.4 is 4.90 Å². The maximum Gasteiger partial charge on any atom is 0.253 e. The summed E-state index contributed by atoms with van der Waals surface area (Å²) in [5, 5.41) is 12.3. The van der Waals surface area contributed by atoms with Crippen molar-refractivity contribution in [2.24, 2.45) is 0 Å². The van der Waals surface area contributed by atoms with E-state index < -0.39 is 6.10 Å². The van der Waals surface area contributed by atoms with Crippen molar-refractivity contribution < 1.29 is 9.53 Å². The van der Waals surface area contributed by atoms with Crippen molar-refractivity contribution in [3.63, 3.8) is 0 Å². The maximum atomic E-state index is 12.5. The molecule has 2 aliphatic heterocycles. The van der Waals surface area contributed by atoms with Gasteiger partial charge in [-0.1, -0.05) is 0 Å². The van der Waals surface area contributed by atoms with Gasteiger partial charge >= 0.3 is 0 Å². The monoisotopic (exact) mass is 302 g/mol. The fourth-order valence-electron chi connectivity index (χ4n) is 3.03. The SMILES string of the molecule is O=C(C1CN(c2ccc3nncn3n2)CCO1)N1CCCC1. The number of rotatable bonds is 2. The van der Waals surface area contributed by atoms with Gasteiger partial charge in [-0.15, -0.1) is 15.3 Å². The molecule has 2 aliphatic rings. The zero-order valence-electron chi connectivity index (χ0n) is 12.3. The third-order valence-electron chi connectivity index (χ3n) is 4.23. The number of hydrogen-bond acceptors (Lipinski definition) is 6. The fraction of sp³-hybridized carbons (Fsp3) is 0.571. The number of anilines is 1. The summed E-state index contributed by atoms with van der Waals surface area (Å²) in [7, 11) is 0. The van der Waals surface area contributed by atoms with Gasteiger partial charge in [0.15, 0.2) is 11.8 Å². The lowest BCUT2D eigenvalue weighted by molar-refractivity contribution is -0.143. The van der Waals surface area contributed by atoms with E-state index in [0.717, 1.165) is 38.3 Å². The second-order valence-electron chi connectivity index (χ2n) is 5.66. The minimum Gasteiger partial charge on any atom is -0.365 e. The first-order valence-electron chi connectivity index (χ1n) is 7.64. The molecule has 0 radical (unpaired) electrons. The molecule has 1 amide bonds. The van der Waals surface area contributed by atoms with Gasteiger partial charge in [0.2, 0.25) is 0 Å². The molecule has 8 heteroatoms. The van der Waals surface area contributed by atoms with E-state index >= 15 is 0 Å². The number of likely N-dealkylation sites (tertiary alicyclic amines) is 1. The first-order valence-corrected chi connectivity index (χ1v) is 7.64. The Hall–Kier alpha value is -2.22. The molecule has 0 bridgehead atoms. The number of amides is 1. The van der Waals surface area contributed by atoms with Gasteiger partial charge < -0.3 is 14.5 Å². The highest BCUT2D eigenvalue weighted by Gasteiger charge is 2.32. The van der Waals surface area contributed by atoms with Crippen molar-refractivity contribution >= 4 is 17.4 Å². The van der Waals surface area contributed by atoms with Crippen LogP contribution in [0.3, 0.4) is 0 Å². The van der Waals surface area contributed by atoms with E-state index in [1.54, 1.807) is 10.8 Å². The van der Waals surface area contributed by atoms with Crippen molar-refractivity contribution in [1.29, 1.82) is 0 Å². The summed E-state index contributed by atoms with van der Waals surface area (Å²) < 4.78 is 7.33. The molecule has 2 fully saturated rings. The van der Waals surface area contributed by atoms with E-state index in [4.69, 9.17) is 4.74 Å². The summed E-state index contributed by atoms with van der Waals surface area (Å²) in [6.45, 7) is 3.50. The largest absolute Gasteiger partial charge is 0.365 e. The summed E-state index contributed by atoms with van der Waals surface area (Å²) in [5.74, 6) is 0.919. The fourth-order valence-corrected chi connectivity index (χ4v) is 3.03. The molecule has 0 aromatic carbocycles. The zero-order chi connectivity index (χ0) is 14.9. The van der Waals surface area contributed by atoms with Crippen LogP contribution in [0, 0.1) is 0 Å². The third-order valence-corrected chi connectivity index (χ3v) is 4.23. The predicted octanol–water partition coefficient (Wildman–Crippen LogP) is -0.0481. The van der Waals surface area contributed by atoms with Gasteiger partial charge in [-0.05, 0) is 25.0 Å². The topological polar surface area (TPSA) is 75.9 Å². The Morgan fingerprint density at radius 2 is 2.09 bits per heavy atom. The Labute approximate surface area is 127 Å². The van der Waals surface area contributed by atoms with E-state index in [-0.39, 0.29) is 5.91 Å².